The van der Waals surface area contributed by atoms with Gasteiger partial charge < -0.3 is 15.2 Å². The lowest BCUT2D eigenvalue weighted by molar-refractivity contribution is 0.0980. The van der Waals surface area contributed by atoms with Gasteiger partial charge in [-0.3, -0.25) is 0 Å². The SMILES string of the molecule is CCC(NCC(O)C(CC)CC)c1ccc(OC)cc1. The molecule has 2 N–H and O–H groups in total. The Labute approximate surface area is 123 Å². The highest BCUT2D eigenvalue weighted by Gasteiger charge is 2.17. The van der Waals surface area contributed by atoms with Crippen LogP contribution in [0.15, 0.2) is 24.3 Å². The second-order valence-electron chi connectivity index (χ2n) is 5.29. The van der Waals surface area contributed by atoms with E-state index in [9.17, 15) is 5.11 Å². The van der Waals surface area contributed by atoms with E-state index in [1.54, 1.807) is 7.11 Å². The number of nitrogens with one attached hydrogen (secondary N) is 1. The maximum atomic E-state index is 10.2. The van der Waals surface area contributed by atoms with Crippen LogP contribution in [0.2, 0.25) is 0 Å². The number of aliphatic hydroxyl groups is 1. The van der Waals surface area contributed by atoms with Crippen LogP contribution in [0.5, 0.6) is 5.75 Å². The van der Waals surface area contributed by atoms with Gasteiger partial charge in [-0.25, -0.2) is 0 Å². The third-order valence-electron chi connectivity index (χ3n) is 4.09. The predicted molar refractivity (Wildman–Crippen MR) is 84.1 cm³/mol. The molecule has 2 unspecified atom stereocenters. The third kappa shape index (κ3) is 4.80. The average Bonchev–Trinajstić information content (AvgIpc) is 2.49. The van der Waals surface area contributed by atoms with Gasteiger partial charge in [-0.15, -0.1) is 0 Å². The van der Waals surface area contributed by atoms with Gasteiger partial charge in [0.2, 0.25) is 0 Å². The molecule has 0 bridgehead atoms. The quantitative estimate of drug-likeness (QED) is 0.726. The van der Waals surface area contributed by atoms with Gasteiger partial charge in [0.1, 0.15) is 5.75 Å². The van der Waals surface area contributed by atoms with Gasteiger partial charge in [-0.2, -0.15) is 0 Å². The second kappa shape index (κ2) is 8.98. The summed E-state index contributed by atoms with van der Waals surface area (Å²) >= 11 is 0. The topological polar surface area (TPSA) is 41.5 Å². The van der Waals surface area contributed by atoms with Crippen molar-refractivity contribution in [2.24, 2.45) is 5.92 Å². The molecule has 0 spiro atoms. The maximum absolute atomic E-state index is 10.2. The molecule has 0 heterocycles. The monoisotopic (exact) mass is 279 g/mol. The number of aliphatic hydroxyl groups excluding tert-OH is 1. The molecule has 1 aromatic carbocycles. The maximum Gasteiger partial charge on any atom is 0.118 e. The molecule has 3 nitrogen and oxygen atoms in total. The molecule has 114 valence electrons. The smallest absolute Gasteiger partial charge is 0.118 e. The van der Waals surface area contributed by atoms with E-state index >= 15 is 0 Å². The van der Waals surface area contributed by atoms with Crippen molar-refractivity contribution in [3.63, 3.8) is 0 Å². The van der Waals surface area contributed by atoms with Gasteiger partial charge in [-0.1, -0.05) is 45.7 Å². The van der Waals surface area contributed by atoms with Crippen LogP contribution in [0.4, 0.5) is 0 Å². The summed E-state index contributed by atoms with van der Waals surface area (Å²) in [7, 11) is 1.68. The molecular formula is C17H29NO2. The Bertz CT molecular complexity index is 360. The van der Waals surface area contributed by atoms with Crippen molar-refractivity contribution < 1.29 is 9.84 Å². The number of ether oxygens (including phenoxy) is 1. The van der Waals surface area contributed by atoms with Crippen molar-refractivity contribution in [3.8, 4) is 5.75 Å². The van der Waals surface area contributed by atoms with Crippen molar-refractivity contribution in [2.45, 2.75) is 52.2 Å². The normalized spacial score (nSPS) is 14.3. The van der Waals surface area contributed by atoms with Crippen LogP contribution < -0.4 is 10.1 Å². The molecule has 1 aromatic rings. The average molecular weight is 279 g/mol. The highest BCUT2D eigenvalue weighted by atomic mass is 16.5. The first-order chi connectivity index (χ1) is 9.65. The van der Waals surface area contributed by atoms with E-state index in [4.69, 9.17) is 4.74 Å². The van der Waals surface area contributed by atoms with Crippen LogP contribution in [0.3, 0.4) is 0 Å². The Morgan fingerprint density at radius 3 is 2.10 bits per heavy atom. The van der Waals surface area contributed by atoms with Crippen molar-refractivity contribution in [1.82, 2.24) is 5.32 Å². The molecule has 0 aliphatic heterocycles. The number of rotatable bonds is 9. The molecule has 0 saturated heterocycles. The highest BCUT2D eigenvalue weighted by molar-refractivity contribution is 5.29. The van der Waals surface area contributed by atoms with Crippen molar-refractivity contribution in [1.29, 1.82) is 0 Å². The fourth-order valence-corrected chi connectivity index (χ4v) is 2.60. The van der Waals surface area contributed by atoms with Crippen LogP contribution in [-0.4, -0.2) is 24.9 Å². The molecule has 0 amide bonds. The van der Waals surface area contributed by atoms with Gasteiger partial charge in [0.15, 0.2) is 0 Å². The molecule has 0 aliphatic carbocycles. The lowest BCUT2D eigenvalue weighted by atomic mass is 9.96. The zero-order valence-electron chi connectivity index (χ0n) is 13.2. The fourth-order valence-electron chi connectivity index (χ4n) is 2.60. The summed E-state index contributed by atoms with van der Waals surface area (Å²) in [6, 6.07) is 8.42. The molecule has 20 heavy (non-hydrogen) atoms. The zero-order valence-corrected chi connectivity index (χ0v) is 13.2. The first kappa shape index (κ1) is 17.0. The number of hydrogen-bond acceptors (Lipinski definition) is 3. The number of benzene rings is 1. The Kier molecular flexibility index (Phi) is 7.63. The van der Waals surface area contributed by atoms with Gasteiger partial charge in [-0.05, 0) is 30.0 Å². The summed E-state index contributed by atoms with van der Waals surface area (Å²) < 4.78 is 5.18. The molecule has 0 saturated carbocycles. The number of hydrogen-bond donors (Lipinski definition) is 2. The molecule has 3 heteroatoms. The third-order valence-corrected chi connectivity index (χ3v) is 4.09. The summed E-state index contributed by atoms with van der Waals surface area (Å²) in [5.74, 6) is 1.26. The van der Waals surface area contributed by atoms with Crippen LogP contribution in [0, 0.1) is 5.92 Å². The lowest BCUT2D eigenvalue weighted by Gasteiger charge is -2.24. The van der Waals surface area contributed by atoms with Crippen LogP contribution >= 0.6 is 0 Å². The Morgan fingerprint density at radius 2 is 1.65 bits per heavy atom. The van der Waals surface area contributed by atoms with E-state index in [0.29, 0.717) is 12.5 Å². The van der Waals surface area contributed by atoms with Crippen LogP contribution in [0.25, 0.3) is 0 Å². The summed E-state index contributed by atoms with van der Waals surface area (Å²) in [5, 5.41) is 13.7. The standard InChI is InChI=1S/C17H29NO2/c1-5-13(6-2)17(19)12-18-16(7-3)14-8-10-15(20-4)11-9-14/h8-11,13,16-19H,5-7,12H2,1-4H3. The minimum absolute atomic E-state index is 0.266. The van der Waals surface area contributed by atoms with Gasteiger partial charge >= 0.3 is 0 Å². The van der Waals surface area contributed by atoms with E-state index in [2.05, 4.69) is 38.2 Å². The van der Waals surface area contributed by atoms with E-state index in [1.165, 1.54) is 5.56 Å². The van der Waals surface area contributed by atoms with Crippen LogP contribution in [-0.2, 0) is 0 Å². The molecule has 0 aliphatic rings. The molecule has 0 radical (unpaired) electrons. The van der Waals surface area contributed by atoms with E-state index < -0.39 is 0 Å². The fraction of sp³-hybridized carbons (Fsp3) is 0.647. The largest absolute Gasteiger partial charge is 0.497 e. The van der Waals surface area contributed by atoms with Crippen molar-refractivity contribution >= 4 is 0 Å². The highest BCUT2D eigenvalue weighted by Crippen LogP contribution is 2.21. The number of methoxy groups -OCH3 is 1. The first-order valence-corrected chi connectivity index (χ1v) is 7.71. The van der Waals surface area contributed by atoms with E-state index in [0.717, 1.165) is 25.0 Å². The Morgan fingerprint density at radius 1 is 1.05 bits per heavy atom. The van der Waals surface area contributed by atoms with Crippen molar-refractivity contribution in [2.75, 3.05) is 13.7 Å². The van der Waals surface area contributed by atoms with Crippen LogP contribution in [0.1, 0.15) is 51.6 Å². The Balaban J connectivity index is 2.58. The minimum atomic E-state index is -0.266. The second-order valence-corrected chi connectivity index (χ2v) is 5.29. The zero-order chi connectivity index (χ0) is 15.0. The molecule has 0 aromatic heterocycles. The lowest BCUT2D eigenvalue weighted by Crippen LogP contribution is -2.34. The molecule has 0 fully saturated rings. The molecular weight excluding hydrogens is 250 g/mol. The molecule has 2 atom stereocenters. The Hall–Kier alpha value is -1.06. The predicted octanol–water partition coefficient (Wildman–Crippen LogP) is 3.53. The first-order valence-electron chi connectivity index (χ1n) is 7.71. The van der Waals surface area contributed by atoms with E-state index in [1.807, 2.05) is 12.1 Å². The molecule has 1 rings (SSSR count). The van der Waals surface area contributed by atoms with Gasteiger partial charge in [0.05, 0.1) is 13.2 Å². The van der Waals surface area contributed by atoms with E-state index in [-0.39, 0.29) is 12.1 Å². The summed E-state index contributed by atoms with van der Waals surface area (Å²) in [5.41, 5.74) is 1.24. The summed E-state index contributed by atoms with van der Waals surface area (Å²) in [4.78, 5) is 0. The minimum Gasteiger partial charge on any atom is -0.497 e. The van der Waals surface area contributed by atoms with Gasteiger partial charge in [0.25, 0.3) is 0 Å². The summed E-state index contributed by atoms with van der Waals surface area (Å²) in [6.07, 6.45) is 2.79. The van der Waals surface area contributed by atoms with Crippen molar-refractivity contribution in [3.05, 3.63) is 29.8 Å². The summed E-state index contributed by atoms with van der Waals surface area (Å²) in [6.45, 7) is 7.08. The van der Waals surface area contributed by atoms with Gasteiger partial charge in [0, 0.05) is 12.6 Å².